The highest BCUT2D eigenvalue weighted by molar-refractivity contribution is 6.32. The van der Waals surface area contributed by atoms with Gasteiger partial charge in [-0.05, 0) is 35.4 Å². The van der Waals surface area contributed by atoms with Crippen LogP contribution in [0.3, 0.4) is 0 Å². The van der Waals surface area contributed by atoms with Crippen LogP contribution in [0.25, 0.3) is 0 Å². The summed E-state index contributed by atoms with van der Waals surface area (Å²) in [5.74, 6) is 1.12. The van der Waals surface area contributed by atoms with Gasteiger partial charge in [0.05, 0.1) is 11.1 Å². The molecule has 0 radical (unpaired) electrons. The third kappa shape index (κ3) is 2.50. The molecule has 4 nitrogen and oxygen atoms in total. The largest absolute Gasteiger partial charge is 0.454 e. The number of fused-ring (bicyclic) bond motifs is 1. The number of rotatable bonds is 3. The van der Waals surface area contributed by atoms with Crippen molar-refractivity contribution in [1.29, 1.82) is 0 Å². The molecule has 98 valence electrons. The summed E-state index contributed by atoms with van der Waals surface area (Å²) >= 11 is 6.10. The summed E-state index contributed by atoms with van der Waals surface area (Å²) in [5.41, 5.74) is 1.72. The van der Waals surface area contributed by atoms with Gasteiger partial charge in [-0.3, -0.25) is 4.98 Å². The molecule has 1 aromatic carbocycles. The summed E-state index contributed by atoms with van der Waals surface area (Å²) in [6.45, 7) is 0.166. The summed E-state index contributed by atoms with van der Waals surface area (Å²) in [6.07, 6.45) is 3.26. The lowest BCUT2D eigenvalue weighted by Crippen LogP contribution is -2.02. The van der Waals surface area contributed by atoms with Gasteiger partial charge in [0.15, 0.2) is 11.5 Å². The average Bonchev–Trinajstić information content (AvgIpc) is 2.88. The van der Waals surface area contributed by atoms with Crippen LogP contribution in [0.4, 0.5) is 0 Å². The molecule has 0 amide bonds. The van der Waals surface area contributed by atoms with Crippen molar-refractivity contribution < 1.29 is 14.6 Å². The van der Waals surface area contributed by atoms with Gasteiger partial charge in [0.25, 0.3) is 0 Å². The van der Waals surface area contributed by atoms with Crippen molar-refractivity contribution in [1.82, 2.24) is 4.98 Å². The highest BCUT2D eigenvalue weighted by Crippen LogP contribution is 2.41. The molecule has 5 heteroatoms. The first-order valence-electron chi connectivity index (χ1n) is 5.90. The van der Waals surface area contributed by atoms with E-state index in [1.807, 2.05) is 12.1 Å². The quantitative estimate of drug-likeness (QED) is 0.937. The van der Waals surface area contributed by atoms with Crippen LogP contribution in [0.15, 0.2) is 36.7 Å². The average molecular weight is 278 g/mol. The lowest BCUT2D eigenvalue weighted by molar-refractivity contribution is 0.171. The molecular weight excluding hydrogens is 266 g/mol. The number of benzene rings is 1. The van der Waals surface area contributed by atoms with E-state index < -0.39 is 6.10 Å². The molecule has 0 fully saturated rings. The van der Waals surface area contributed by atoms with Crippen molar-refractivity contribution in [2.45, 2.75) is 12.5 Å². The topological polar surface area (TPSA) is 51.6 Å². The van der Waals surface area contributed by atoms with E-state index >= 15 is 0 Å². The number of aromatic nitrogens is 1. The van der Waals surface area contributed by atoms with Crippen LogP contribution >= 0.6 is 11.6 Å². The van der Waals surface area contributed by atoms with Crippen LogP contribution in [0, 0.1) is 0 Å². The monoisotopic (exact) mass is 277 g/mol. The van der Waals surface area contributed by atoms with Crippen molar-refractivity contribution in [3.8, 4) is 11.5 Å². The Balaban J connectivity index is 1.84. The maximum Gasteiger partial charge on any atom is 0.231 e. The molecule has 1 aliphatic rings. The number of hydrogen-bond acceptors (Lipinski definition) is 4. The predicted molar refractivity (Wildman–Crippen MR) is 70.5 cm³/mol. The summed E-state index contributed by atoms with van der Waals surface area (Å²) in [6, 6.07) is 7.22. The number of halogens is 1. The van der Waals surface area contributed by atoms with Crippen LogP contribution in [0.5, 0.6) is 11.5 Å². The SMILES string of the molecule is OC(Cc1ccncc1)c1cc(Cl)c2c(c1)OCO2. The van der Waals surface area contributed by atoms with E-state index in [1.165, 1.54) is 0 Å². The van der Waals surface area contributed by atoms with E-state index in [0.717, 1.165) is 5.56 Å². The summed E-state index contributed by atoms with van der Waals surface area (Å²) in [5, 5.41) is 10.7. The Morgan fingerprint density at radius 1 is 1.26 bits per heavy atom. The lowest BCUT2D eigenvalue weighted by Gasteiger charge is -2.12. The van der Waals surface area contributed by atoms with Crippen LogP contribution < -0.4 is 9.47 Å². The Morgan fingerprint density at radius 2 is 2.05 bits per heavy atom. The molecular formula is C14H12ClNO3. The summed E-state index contributed by atoms with van der Waals surface area (Å²) in [7, 11) is 0. The first-order valence-corrected chi connectivity index (χ1v) is 6.28. The zero-order chi connectivity index (χ0) is 13.2. The smallest absolute Gasteiger partial charge is 0.231 e. The maximum absolute atomic E-state index is 10.3. The Kier molecular flexibility index (Phi) is 3.27. The second-order valence-corrected chi connectivity index (χ2v) is 4.72. The van der Waals surface area contributed by atoms with Crippen molar-refractivity contribution in [2.75, 3.05) is 6.79 Å². The summed E-state index contributed by atoms with van der Waals surface area (Å²) in [4.78, 5) is 3.95. The van der Waals surface area contributed by atoms with E-state index in [-0.39, 0.29) is 6.79 Å². The molecule has 1 unspecified atom stereocenters. The number of nitrogens with zero attached hydrogens (tertiary/aromatic N) is 1. The molecule has 1 aromatic heterocycles. The fourth-order valence-electron chi connectivity index (χ4n) is 2.04. The second kappa shape index (κ2) is 5.07. The van der Waals surface area contributed by atoms with Crippen LogP contribution in [0.1, 0.15) is 17.2 Å². The standard InChI is InChI=1S/C14H12ClNO3/c15-11-6-10(7-13-14(11)19-8-18-13)12(17)5-9-1-3-16-4-2-9/h1-4,6-7,12,17H,5,8H2. The molecule has 2 heterocycles. The van der Waals surface area contributed by atoms with E-state index in [2.05, 4.69) is 4.98 Å². The van der Waals surface area contributed by atoms with Crippen LogP contribution in [-0.2, 0) is 6.42 Å². The van der Waals surface area contributed by atoms with E-state index in [0.29, 0.717) is 28.5 Å². The molecule has 2 aromatic rings. The number of ether oxygens (including phenoxy) is 2. The summed E-state index contributed by atoms with van der Waals surface area (Å²) < 4.78 is 10.5. The van der Waals surface area contributed by atoms with Crippen LogP contribution in [0.2, 0.25) is 5.02 Å². The Bertz CT molecular complexity index is 589. The molecule has 0 saturated carbocycles. The van der Waals surface area contributed by atoms with Crippen LogP contribution in [-0.4, -0.2) is 16.9 Å². The normalized spacial score (nSPS) is 14.4. The number of hydrogen-bond donors (Lipinski definition) is 1. The molecule has 0 aliphatic carbocycles. The third-order valence-corrected chi connectivity index (χ3v) is 3.29. The van der Waals surface area contributed by atoms with E-state index in [4.69, 9.17) is 21.1 Å². The zero-order valence-corrected chi connectivity index (χ0v) is 10.8. The Morgan fingerprint density at radius 3 is 2.84 bits per heavy atom. The van der Waals surface area contributed by atoms with Crippen molar-refractivity contribution in [3.05, 3.63) is 52.8 Å². The van der Waals surface area contributed by atoms with Gasteiger partial charge >= 0.3 is 0 Å². The highest BCUT2D eigenvalue weighted by Gasteiger charge is 2.20. The maximum atomic E-state index is 10.3. The molecule has 3 rings (SSSR count). The lowest BCUT2D eigenvalue weighted by atomic mass is 10.0. The molecule has 1 atom stereocenters. The van der Waals surface area contributed by atoms with Gasteiger partial charge in [-0.15, -0.1) is 0 Å². The van der Waals surface area contributed by atoms with Gasteiger partial charge < -0.3 is 14.6 Å². The minimum atomic E-state index is -0.644. The minimum Gasteiger partial charge on any atom is -0.454 e. The van der Waals surface area contributed by atoms with Gasteiger partial charge in [-0.25, -0.2) is 0 Å². The number of aliphatic hydroxyl groups is 1. The fraction of sp³-hybridized carbons (Fsp3) is 0.214. The van der Waals surface area contributed by atoms with Crippen molar-refractivity contribution in [2.24, 2.45) is 0 Å². The highest BCUT2D eigenvalue weighted by atomic mass is 35.5. The first-order chi connectivity index (χ1) is 9.24. The van der Waals surface area contributed by atoms with Gasteiger partial charge in [-0.1, -0.05) is 11.6 Å². The second-order valence-electron chi connectivity index (χ2n) is 4.31. The van der Waals surface area contributed by atoms with Gasteiger partial charge in [0, 0.05) is 18.8 Å². The molecule has 19 heavy (non-hydrogen) atoms. The predicted octanol–water partition coefficient (Wildman–Crippen LogP) is 2.74. The molecule has 1 aliphatic heterocycles. The van der Waals surface area contributed by atoms with Crippen molar-refractivity contribution >= 4 is 11.6 Å². The Labute approximate surface area is 115 Å². The molecule has 0 saturated heterocycles. The number of pyridine rings is 1. The fourth-order valence-corrected chi connectivity index (χ4v) is 2.31. The van der Waals surface area contributed by atoms with Gasteiger partial charge in [-0.2, -0.15) is 0 Å². The van der Waals surface area contributed by atoms with E-state index in [9.17, 15) is 5.11 Å². The van der Waals surface area contributed by atoms with Gasteiger partial charge in [0.2, 0.25) is 6.79 Å². The zero-order valence-electron chi connectivity index (χ0n) is 10.0. The van der Waals surface area contributed by atoms with E-state index in [1.54, 1.807) is 24.5 Å². The molecule has 0 bridgehead atoms. The van der Waals surface area contributed by atoms with Gasteiger partial charge in [0.1, 0.15) is 0 Å². The number of aliphatic hydroxyl groups excluding tert-OH is 1. The Hall–Kier alpha value is -1.78. The molecule has 1 N–H and O–H groups in total. The first kappa shape index (κ1) is 12.3. The molecule has 0 spiro atoms. The minimum absolute atomic E-state index is 0.166. The van der Waals surface area contributed by atoms with Crippen molar-refractivity contribution in [3.63, 3.8) is 0 Å². The third-order valence-electron chi connectivity index (χ3n) is 3.01.